The van der Waals surface area contributed by atoms with Crippen LogP contribution in [0.25, 0.3) is 0 Å². The van der Waals surface area contributed by atoms with Crippen LogP contribution in [0.15, 0.2) is 12.7 Å². The monoisotopic (exact) mass is 143 g/mol. The fraction of sp³-hybridized carbons (Fsp3) is 0.714. The predicted octanol–water partition coefficient (Wildman–Crippen LogP) is 1.22. The Bertz CT molecular complexity index is 103. The van der Waals surface area contributed by atoms with Gasteiger partial charge in [0.2, 0.25) is 0 Å². The van der Waals surface area contributed by atoms with Crippen LogP contribution in [0.5, 0.6) is 0 Å². The molecule has 1 aliphatic rings. The lowest BCUT2D eigenvalue weighted by molar-refractivity contribution is 0.357. The SMILES string of the molecule is C=CC1CN(C)CCS1. The molecule has 0 spiro atoms. The average Bonchev–Trinajstić information content (AvgIpc) is 1.88. The normalized spacial score (nSPS) is 30.1. The van der Waals surface area contributed by atoms with Crippen LogP contribution in [0.3, 0.4) is 0 Å². The van der Waals surface area contributed by atoms with Gasteiger partial charge in [0, 0.05) is 24.1 Å². The molecule has 1 unspecified atom stereocenters. The van der Waals surface area contributed by atoms with Gasteiger partial charge in [-0.2, -0.15) is 11.8 Å². The van der Waals surface area contributed by atoms with Crippen LogP contribution in [0.1, 0.15) is 0 Å². The van der Waals surface area contributed by atoms with Crippen molar-refractivity contribution in [3.8, 4) is 0 Å². The highest BCUT2D eigenvalue weighted by atomic mass is 32.2. The van der Waals surface area contributed by atoms with Crippen LogP contribution in [-0.4, -0.2) is 36.0 Å². The minimum absolute atomic E-state index is 0.670. The van der Waals surface area contributed by atoms with E-state index >= 15 is 0 Å². The van der Waals surface area contributed by atoms with Gasteiger partial charge in [-0.05, 0) is 7.05 Å². The predicted molar refractivity (Wildman–Crippen MR) is 43.9 cm³/mol. The standard InChI is InChI=1S/C7H13NS/c1-3-7-6-8(2)4-5-9-7/h3,7H,1,4-6H2,2H3. The summed E-state index contributed by atoms with van der Waals surface area (Å²) in [4.78, 5) is 2.35. The Balaban J connectivity index is 2.31. The zero-order chi connectivity index (χ0) is 6.69. The first-order chi connectivity index (χ1) is 4.33. The van der Waals surface area contributed by atoms with Gasteiger partial charge in [-0.3, -0.25) is 0 Å². The van der Waals surface area contributed by atoms with Crippen molar-refractivity contribution in [2.45, 2.75) is 5.25 Å². The van der Waals surface area contributed by atoms with Gasteiger partial charge < -0.3 is 4.90 Å². The summed E-state index contributed by atoms with van der Waals surface area (Å²) >= 11 is 2.01. The third kappa shape index (κ3) is 2.03. The van der Waals surface area contributed by atoms with E-state index in [1.54, 1.807) is 0 Å². The Labute approximate surface area is 61.1 Å². The fourth-order valence-electron chi connectivity index (χ4n) is 0.954. The van der Waals surface area contributed by atoms with Gasteiger partial charge in [0.05, 0.1) is 0 Å². The summed E-state index contributed by atoms with van der Waals surface area (Å²) in [5.41, 5.74) is 0. The molecule has 1 heterocycles. The van der Waals surface area contributed by atoms with Crippen LogP contribution in [0, 0.1) is 0 Å². The van der Waals surface area contributed by atoms with Crippen molar-refractivity contribution < 1.29 is 0 Å². The van der Waals surface area contributed by atoms with E-state index in [2.05, 4.69) is 18.5 Å². The fourth-order valence-corrected chi connectivity index (χ4v) is 2.17. The Morgan fingerprint density at radius 2 is 2.56 bits per heavy atom. The Kier molecular flexibility index (Phi) is 2.61. The largest absolute Gasteiger partial charge is 0.304 e. The molecule has 0 aromatic rings. The maximum atomic E-state index is 3.77. The van der Waals surface area contributed by atoms with Gasteiger partial charge >= 0.3 is 0 Å². The lowest BCUT2D eigenvalue weighted by Gasteiger charge is -2.26. The maximum Gasteiger partial charge on any atom is 0.0352 e. The Morgan fingerprint density at radius 1 is 1.78 bits per heavy atom. The Morgan fingerprint density at radius 3 is 3.00 bits per heavy atom. The number of hydrogen-bond donors (Lipinski definition) is 0. The molecule has 1 aliphatic heterocycles. The van der Waals surface area contributed by atoms with E-state index in [-0.39, 0.29) is 0 Å². The molecule has 9 heavy (non-hydrogen) atoms. The second-order valence-electron chi connectivity index (χ2n) is 2.41. The second kappa shape index (κ2) is 3.28. The molecule has 0 aliphatic carbocycles. The van der Waals surface area contributed by atoms with Crippen LogP contribution >= 0.6 is 11.8 Å². The van der Waals surface area contributed by atoms with Crippen LogP contribution in [0.4, 0.5) is 0 Å². The first kappa shape index (κ1) is 7.16. The minimum Gasteiger partial charge on any atom is -0.304 e. The zero-order valence-corrected chi connectivity index (χ0v) is 6.66. The molecule has 0 aromatic heterocycles. The van der Waals surface area contributed by atoms with Crippen LogP contribution < -0.4 is 0 Å². The van der Waals surface area contributed by atoms with Crippen molar-refractivity contribution in [3.05, 3.63) is 12.7 Å². The van der Waals surface area contributed by atoms with Gasteiger partial charge in [0.1, 0.15) is 0 Å². The number of nitrogens with zero attached hydrogens (tertiary/aromatic N) is 1. The van der Waals surface area contributed by atoms with Gasteiger partial charge in [-0.25, -0.2) is 0 Å². The van der Waals surface area contributed by atoms with Crippen molar-refractivity contribution in [2.24, 2.45) is 0 Å². The quantitative estimate of drug-likeness (QED) is 0.508. The summed E-state index contributed by atoms with van der Waals surface area (Å²) in [6.07, 6.45) is 2.04. The van der Waals surface area contributed by atoms with Crippen molar-refractivity contribution in [1.82, 2.24) is 4.90 Å². The number of hydrogen-bond acceptors (Lipinski definition) is 2. The van der Waals surface area contributed by atoms with Gasteiger partial charge in [0.25, 0.3) is 0 Å². The third-order valence-corrected chi connectivity index (χ3v) is 2.75. The van der Waals surface area contributed by atoms with E-state index in [0.29, 0.717) is 5.25 Å². The van der Waals surface area contributed by atoms with Crippen molar-refractivity contribution in [1.29, 1.82) is 0 Å². The summed E-state index contributed by atoms with van der Waals surface area (Å²) in [5.74, 6) is 1.26. The number of thioether (sulfide) groups is 1. The minimum atomic E-state index is 0.670. The summed E-state index contributed by atoms with van der Waals surface area (Å²) in [6, 6.07) is 0. The molecule has 0 radical (unpaired) electrons. The van der Waals surface area contributed by atoms with E-state index in [4.69, 9.17) is 0 Å². The molecule has 0 bridgehead atoms. The van der Waals surface area contributed by atoms with E-state index < -0.39 is 0 Å². The molecule has 0 amide bonds. The highest BCUT2D eigenvalue weighted by Crippen LogP contribution is 2.17. The molecule has 0 saturated carbocycles. The smallest absolute Gasteiger partial charge is 0.0352 e. The number of rotatable bonds is 1. The summed E-state index contributed by atoms with van der Waals surface area (Å²) < 4.78 is 0. The van der Waals surface area contributed by atoms with E-state index in [0.717, 1.165) is 0 Å². The van der Waals surface area contributed by atoms with Crippen molar-refractivity contribution >= 4 is 11.8 Å². The zero-order valence-electron chi connectivity index (χ0n) is 5.84. The maximum absolute atomic E-state index is 3.77. The molecule has 2 heteroatoms. The van der Waals surface area contributed by atoms with E-state index in [1.165, 1.54) is 18.8 Å². The van der Waals surface area contributed by atoms with Crippen molar-refractivity contribution in [2.75, 3.05) is 25.9 Å². The lowest BCUT2D eigenvalue weighted by atomic mass is 10.4. The summed E-state index contributed by atoms with van der Waals surface area (Å²) in [7, 11) is 2.16. The molecule has 1 saturated heterocycles. The second-order valence-corrected chi connectivity index (χ2v) is 3.75. The van der Waals surface area contributed by atoms with Crippen molar-refractivity contribution in [3.63, 3.8) is 0 Å². The first-order valence-electron chi connectivity index (χ1n) is 3.25. The van der Waals surface area contributed by atoms with Gasteiger partial charge in [0.15, 0.2) is 0 Å². The first-order valence-corrected chi connectivity index (χ1v) is 4.30. The van der Waals surface area contributed by atoms with Crippen LogP contribution in [0.2, 0.25) is 0 Å². The Hall–Kier alpha value is 0.0500. The molecule has 0 aromatic carbocycles. The topological polar surface area (TPSA) is 3.24 Å². The third-order valence-electron chi connectivity index (χ3n) is 1.56. The van der Waals surface area contributed by atoms with Gasteiger partial charge in [-0.15, -0.1) is 6.58 Å². The van der Waals surface area contributed by atoms with Crippen LogP contribution in [-0.2, 0) is 0 Å². The molecular formula is C7H13NS. The highest BCUT2D eigenvalue weighted by molar-refractivity contribution is 8.00. The summed E-state index contributed by atoms with van der Waals surface area (Å²) in [6.45, 7) is 6.18. The molecule has 1 nitrogen and oxygen atoms in total. The average molecular weight is 143 g/mol. The molecule has 1 atom stereocenters. The van der Waals surface area contributed by atoms with Gasteiger partial charge in [-0.1, -0.05) is 6.08 Å². The highest BCUT2D eigenvalue weighted by Gasteiger charge is 2.13. The molecule has 1 rings (SSSR count). The van der Waals surface area contributed by atoms with E-state index in [9.17, 15) is 0 Å². The molecule has 1 fully saturated rings. The summed E-state index contributed by atoms with van der Waals surface area (Å²) in [5, 5.41) is 0.670. The molecular weight excluding hydrogens is 130 g/mol. The molecule has 0 N–H and O–H groups in total. The molecule has 52 valence electrons. The van der Waals surface area contributed by atoms with E-state index in [1.807, 2.05) is 17.8 Å². The lowest BCUT2D eigenvalue weighted by Crippen LogP contribution is -2.33.